The third-order valence-corrected chi connectivity index (χ3v) is 2.11. The molecule has 0 spiro atoms. The molecule has 3 N–H and O–H groups in total. The summed E-state index contributed by atoms with van der Waals surface area (Å²) in [6.07, 6.45) is 4.06. The van der Waals surface area contributed by atoms with Crippen molar-refractivity contribution >= 4 is 5.97 Å². The van der Waals surface area contributed by atoms with Crippen LogP contribution >= 0.6 is 0 Å². The van der Waals surface area contributed by atoms with E-state index in [-0.39, 0.29) is 0 Å². The monoisotopic (exact) mass is 225 g/mol. The average molecular weight is 225 g/mol. The number of rotatable bonds is 6. The quantitative estimate of drug-likeness (QED) is 0.608. The van der Waals surface area contributed by atoms with Crippen LogP contribution in [0.3, 0.4) is 0 Å². The summed E-state index contributed by atoms with van der Waals surface area (Å²) in [4.78, 5) is 18.8. The van der Waals surface area contributed by atoms with Gasteiger partial charge in [0.1, 0.15) is 11.9 Å². The third-order valence-electron chi connectivity index (χ3n) is 2.11. The van der Waals surface area contributed by atoms with Crippen molar-refractivity contribution in [3.8, 4) is 0 Å². The summed E-state index contributed by atoms with van der Waals surface area (Å²) in [5.74, 6) is -0.325. The summed E-state index contributed by atoms with van der Waals surface area (Å²) in [5, 5.41) is 20.2. The molecule has 0 aromatic carbocycles. The molecule has 0 bridgehead atoms. The van der Waals surface area contributed by atoms with Gasteiger partial charge in [0.05, 0.1) is 6.61 Å². The van der Waals surface area contributed by atoms with Gasteiger partial charge < -0.3 is 10.2 Å². The Morgan fingerprint density at radius 3 is 2.56 bits per heavy atom. The number of carboxylic acid groups (broad SMARTS) is 1. The van der Waals surface area contributed by atoms with Crippen LogP contribution in [-0.4, -0.2) is 38.8 Å². The second kappa shape index (κ2) is 6.14. The second-order valence-electron chi connectivity index (χ2n) is 3.32. The van der Waals surface area contributed by atoms with E-state index in [0.29, 0.717) is 6.54 Å². The number of nitrogens with one attached hydrogen (secondary N) is 1. The zero-order chi connectivity index (χ0) is 12.0. The summed E-state index contributed by atoms with van der Waals surface area (Å²) in [7, 11) is 0. The molecule has 0 aliphatic carbocycles. The van der Waals surface area contributed by atoms with Crippen LogP contribution in [0.25, 0.3) is 0 Å². The van der Waals surface area contributed by atoms with Gasteiger partial charge in [-0.15, -0.1) is 0 Å². The fourth-order valence-corrected chi connectivity index (χ4v) is 1.13. The Bertz CT molecular complexity index is 340. The molecule has 0 saturated carbocycles. The van der Waals surface area contributed by atoms with E-state index in [9.17, 15) is 4.79 Å². The number of carbonyl (C=O) groups is 1. The van der Waals surface area contributed by atoms with Gasteiger partial charge in [-0.05, 0) is 0 Å². The second-order valence-corrected chi connectivity index (χ2v) is 3.32. The molecular formula is C10H15N3O3. The lowest BCUT2D eigenvalue weighted by Gasteiger charge is -2.10. The predicted molar refractivity (Wildman–Crippen MR) is 56.8 cm³/mol. The molecule has 0 unspecified atom stereocenters. The third kappa shape index (κ3) is 3.56. The minimum atomic E-state index is -1.08. The normalized spacial score (nSPS) is 12.4. The molecule has 0 radical (unpaired) electrons. The Labute approximate surface area is 93.4 Å². The number of hydrogen-bond acceptors (Lipinski definition) is 5. The number of hydrogen-bond donors (Lipinski definition) is 3. The van der Waals surface area contributed by atoms with E-state index >= 15 is 0 Å². The van der Waals surface area contributed by atoms with Crippen LogP contribution in [0.5, 0.6) is 0 Å². The van der Waals surface area contributed by atoms with Crippen LogP contribution in [0.15, 0.2) is 12.4 Å². The van der Waals surface area contributed by atoms with E-state index in [1.807, 2.05) is 6.92 Å². The fraction of sp³-hybridized carbons (Fsp3) is 0.500. The maximum Gasteiger partial charge on any atom is 0.323 e. The highest BCUT2D eigenvalue weighted by Gasteiger charge is 2.14. The van der Waals surface area contributed by atoms with Gasteiger partial charge in [0, 0.05) is 30.9 Å². The lowest BCUT2D eigenvalue weighted by Crippen LogP contribution is -2.39. The van der Waals surface area contributed by atoms with E-state index < -0.39 is 18.6 Å². The Balaban J connectivity index is 2.50. The maximum atomic E-state index is 10.6. The van der Waals surface area contributed by atoms with E-state index in [2.05, 4.69) is 15.3 Å². The fourth-order valence-electron chi connectivity index (χ4n) is 1.13. The molecule has 1 aromatic heterocycles. The van der Waals surface area contributed by atoms with Gasteiger partial charge in [-0.2, -0.15) is 0 Å². The van der Waals surface area contributed by atoms with Crippen LogP contribution in [-0.2, 0) is 17.8 Å². The Kier molecular flexibility index (Phi) is 4.81. The van der Waals surface area contributed by atoms with Crippen molar-refractivity contribution in [2.75, 3.05) is 6.61 Å². The van der Waals surface area contributed by atoms with Gasteiger partial charge >= 0.3 is 5.97 Å². The number of carboxylic acids is 1. The molecule has 1 heterocycles. The van der Waals surface area contributed by atoms with Gasteiger partial charge in [0.25, 0.3) is 0 Å². The number of aryl methyl sites for hydroxylation is 1. The smallest absolute Gasteiger partial charge is 0.323 e. The van der Waals surface area contributed by atoms with Gasteiger partial charge in [-0.1, -0.05) is 6.92 Å². The van der Waals surface area contributed by atoms with E-state index in [1.165, 1.54) is 0 Å². The molecule has 0 fully saturated rings. The van der Waals surface area contributed by atoms with Gasteiger partial charge in [0.2, 0.25) is 0 Å². The molecule has 6 heteroatoms. The maximum absolute atomic E-state index is 10.6. The van der Waals surface area contributed by atoms with Crippen LogP contribution in [0.1, 0.15) is 18.3 Å². The van der Waals surface area contributed by atoms with Gasteiger partial charge in [-0.3, -0.25) is 10.1 Å². The lowest BCUT2D eigenvalue weighted by atomic mass is 10.2. The topological polar surface area (TPSA) is 95.3 Å². The van der Waals surface area contributed by atoms with Gasteiger partial charge in [0.15, 0.2) is 0 Å². The average Bonchev–Trinajstić information content (AvgIpc) is 2.30. The van der Waals surface area contributed by atoms with E-state index in [4.69, 9.17) is 10.2 Å². The number of aliphatic carboxylic acids is 1. The Morgan fingerprint density at radius 2 is 2.12 bits per heavy atom. The molecule has 88 valence electrons. The van der Waals surface area contributed by atoms with Crippen LogP contribution in [0, 0.1) is 0 Å². The highest BCUT2D eigenvalue weighted by atomic mass is 16.4. The molecule has 6 nitrogen and oxygen atoms in total. The van der Waals surface area contributed by atoms with Crippen molar-refractivity contribution < 1.29 is 15.0 Å². The van der Waals surface area contributed by atoms with E-state index in [1.54, 1.807) is 12.4 Å². The first-order valence-corrected chi connectivity index (χ1v) is 5.04. The molecule has 0 aliphatic rings. The molecule has 1 rings (SSSR count). The SMILES string of the molecule is CCc1ncc(CN[C@@H](CO)C(=O)O)cn1. The zero-order valence-electron chi connectivity index (χ0n) is 9.05. The van der Waals surface area contributed by atoms with Crippen molar-refractivity contribution in [3.63, 3.8) is 0 Å². The predicted octanol–water partition coefficient (Wildman–Crippen LogP) is -0.426. The number of aliphatic hydroxyl groups is 1. The van der Waals surface area contributed by atoms with Crippen molar-refractivity contribution in [2.45, 2.75) is 25.9 Å². The molecule has 0 amide bonds. The van der Waals surface area contributed by atoms with Crippen LogP contribution in [0.2, 0.25) is 0 Å². The molecule has 1 atom stereocenters. The minimum Gasteiger partial charge on any atom is -0.480 e. The number of aliphatic hydroxyl groups excluding tert-OH is 1. The zero-order valence-corrected chi connectivity index (χ0v) is 9.05. The first-order chi connectivity index (χ1) is 7.67. The first kappa shape index (κ1) is 12.5. The summed E-state index contributed by atoms with van der Waals surface area (Å²) in [5.41, 5.74) is 0.789. The molecular weight excluding hydrogens is 210 g/mol. The highest BCUT2D eigenvalue weighted by molar-refractivity contribution is 5.73. The van der Waals surface area contributed by atoms with Gasteiger partial charge in [-0.25, -0.2) is 9.97 Å². The van der Waals surface area contributed by atoms with Crippen LogP contribution in [0.4, 0.5) is 0 Å². The largest absolute Gasteiger partial charge is 0.480 e. The summed E-state index contributed by atoms with van der Waals surface area (Å²) >= 11 is 0. The standard InChI is InChI=1S/C10H15N3O3/c1-2-9-12-4-7(5-13-9)3-11-8(6-14)10(15)16/h4-5,8,11,14H,2-3,6H2,1H3,(H,15,16)/t8-/m0/s1. The Morgan fingerprint density at radius 1 is 1.50 bits per heavy atom. The summed E-state index contributed by atoms with van der Waals surface area (Å²) < 4.78 is 0. The molecule has 1 aromatic rings. The van der Waals surface area contributed by atoms with Crippen molar-refractivity contribution in [3.05, 3.63) is 23.8 Å². The Hall–Kier alpha value is -1.53. The molecule has 0 aliphatic heterocycles. The first-order valence-electron chi connectivity index (χ1n) is 5.04. The highest BCUT2D eigenvalue weighted by Crippen LogP contribution is 1.97. The molecule has 16 heavy (non-hydrogen) atoms. The lowest BCUT2D eigenvalue weighted by molar-refractivity contribution is -0.140. The summed E-state index contributed by atoms with van der Waals surface area (Å²) in [6, 6.07) is -0.953. The van der Waals surface area contributed by atoms with Crippen molar-refractivity contribution in [2.24, 2.45) is 0 Å². The van der Waals surface area contributed by atoms with Crippen LogP contribution < -0.4 is 5.32 Å². The molecule has 0 saturated heterocycles. The number of aromatic nitrogens is 2. The van der Waals surface area contributed by atoms with E-state index in [0.717, 1.165) is 17.8 Å². The summed E-state index contributed by atoms with van der Waals surface area (Å²) in [6.45, 7) is 1.84. The van der Waals surface area contributed by atoms with Crippen molar-refractivity contribution in [1.82, 2.24) is 15.3 Å². The minimum absolute atomic E-state index is 0.321. The number of nitrogens with zero attached hydrogens (tertiary/aromatic N) is 2. The van der Waals surface area contributed by atoms with Crippen molar-refractivity contribution in [1.29, 1.82) is 0 Å².